The summed E-state index contributed by atoms with van der Waals surface area (Å²) >= 11 is 0. The monoisotopic (exact) mass is 357 g/mol. The molecule has 0 saturated carbocycles. The molecule has 1 N–H and O–H groups in total. The van der Waals surface area contributed by atoms with E-state index in [9.17, 15) is 9.59 Å². The van der Waals surface area contributed by atoms with Gasteiger partial charge in [0.2, 0.25) is 0 Å². The molecule has 4 rings (SSSR count). The van der Waals surface area contributed by atoms with Gasteiger partial charge in [0.15, 0.2) is 0 Å². The summed E-state index contributed by atoms with van der Waals surface area (Å²) in [7, 11) is 0. The Morgan fingerprint density at radius 3 is 2.92 bits per heavy atom. The van der Waals surface area contributed by atoms with Crippen molar-refractivity contribution in [3.63, 3.8) is 0 Å². The van der Waals surface area contributed by atoms with Gasteiger partial charge in [-0.05, 0) is 56.7 Å². The lowest BCUT2D eigenvalue weighted by Gasteiger charge is -2.26. The molecule has 1 unspecified atom stereocenters. The molecule has 0 aliphatic carbocycles. The second-order valence-electron chi connectivity index (χ2n) is 7.42. The molecule has 2 saturated heterocycles. The van der Waals surface area contributed by atoms with Gasteiger partial charge in [0.25, 0.3) is 5.91 Å². The Labute approximate surface area is 154 Å². The molecule has 2 atom stereocenters. The topological polar surface area (TPSA) is 61.9 Å². The largest absolute Gasteiger partial charge is 0.489 e. The van der Waals surface area contributed by atoms with Gasteiger partial charge in [-0.25, -0.2) is 4.79 Å². The first kappa shape index (κ1) is 17.3. The molecule has 140 valence electrons. The summed E-state index contributed by atoms with van der Waals surface area (Å²) in [5.74, 6) is 1.02. The molecule has 0 bridgehead atoms. The van der Waals surface area contributed by atoms with E-state index in [1.165, 1.54) is 10.5 Å². The van der Waals surface area contributed by atoms with Crippen LogP contribution in [0.5, 0.6) is 5.75 Å². The fourth-order valence-corrected chi connectivity index (χ4v) is 4.19. The number of para-hydroxylation sites is 1. The van der Waals surface area contributed by atoms with Crippen LogP contribution >= 0.6 is 0 Å². The molecule has 3 aliphatic heterocycles. The average molecular weight is 357 g/mol. The second-order valence-corrected chi connectivity index (χ2v) is 7.42. The van der Waals surface area contributed by atoms with Crippen LogP contribution in [0.3, 0.4) is 0 Å². The fraction of sp³-hybridized carbons (Fsp3) is 0.600. The lowest BCUT2D eigenvalue weighted by atomic mass is 10.0. The fourth-order valence-electron chi connectivity index (χ4n) is 4.19. The third kappa shape index (κ3) is 3.43. The van der Waals surface area contributed by atoms with Crippen molar-refractivity contribution in [2.75, 3.05) is 26.2 Å². The summed E-state index contributed by atoms with van der Waals surface area (Å²) < 4.78 is 6.02. The van der Waals surface area contributed by atoms with E-state index in [0.717, 1.165) is 63.9 Å². The highest BCUT2D eigenvalue weighted by molar-refractivity contribution is 6.04. The summed E-state index contributed by atoms with van der Waals surface area (Å²) in [6.07, 6.45) is 5.90. The van der Waals surface area contributed by atoms with E-state index in [2.05, 4.69) is 17.4 Å². The number of nitrogens with zero attached hydrogens (tertiary/aromatic N) is 2. The first-order chi connectivity index (χ1) is 12.7. The minimum absolute atomic E-state index is 0.00901. The lowest BCUT2D eigenvalue weighted by molar-refractivity contribution is -0.128. The minimum Gasteiger partial charge on any atom is -0.489 e. The third-order valence-corrected chi connectivity index (χ3v) is 5.64. The van der Waals surface area contributed by atoms with E-state index in [-0.39, 0.29) is 24.1 Å². The number of urea groups is 1. The minimum atomic E-state index is -0.174. The summed E-state index contributed by atoms with van der Waals surface area (Å²) in [6.45, 7) is 2.99. The lowest BCUT2D eigenvalue weighted by Crippen LogP contribution is -2.36. The molecule has 3 aliphatic rings. The predicted molar refractivity (Wildman–Crippen MR) is 98.1 cm³/mol. The zero-order valence-electron chi connectivity index (χ0n) is 15.2. The number of benzene rings is 1. The Morgan fingerprint density at radius 1 is 1.15 bits per heavy atom. The Balaban J connectivity index is 1.13. The summed E-state index contributed by atoms with van der Waals surface area (Å²) in [6, 6.07) is 7.98. The Bertz CT molecular complexity index is 656. The molecule has 1 aromatic rings. The van der Waals surface area contributed by atoms with Crippen molar-refractivity contribution >= 4 is 11.9 Å². The van der Waals surface area contributed by atoms with Gasteiger partial charge in [0.1, 0.15) is 17.9 Å². The Morgan fingerprint density at radius 2 is 2.04 bits per heavy atom. The average Bonchev–Trinajstić information content (AvgIpc) is 3.23. The zero-order chi connectivity index (χ0) is 17.9. The number of nitrogens with one attached hydrogen (secondary N) is 1. The number of amides is 3. The first-order valence-corrected chi connectivity index (χ1v) is 9.81. The van der Waals surface area contributed by atoms with Crippen molar-refractivity contribution < 1.29 is 14.3 Å². The SMILES string of the molecule is O=C1C2CCCN2C(=O)N1CCCCNC[C@@H]1CCc2ccccc2O1. The molecular formula is C20H27N3O3. The highest BCUT2D eigenvalue weighted by atomic mass is 16.5. The molecule has 0 radical (unpaired) electrons. The van der Waals surface area contributed by atoms with Crippen LogP contribution in [0.2, 0.25) is 0 Å². The highest BCUT2D eigenvalue weighted by Gasteiger charge is 2.46. The number of aryl methyl sites for hydroxylation is 1. The standard InChI is InChI=1S/C20H27N3O3/c24-19-17-7-5-13-22(17)20(25)23(19)12-4-3-11-21-14-16-10-9-15-6-1-2-8-18(15)26-16/h1-2,6,8,16-17,21H,3-5,7,9-14H2/t16-,17?/m0/s1. The van der Waals surface area contributed by atoms with Crippen LogP contribution in [-0.2, 0) is 11.2 Å². The van der Waals surface area contributed by atoms with Crippen LogP contribution in [0.1, 0.15) is 37.7 Å². The van der Waals surface area contributed by atoms with Gasteiger partial charge in [-0.1, -0.05) is 18.2 Å². The summed E-state index contributed by atoms with van der Waals surface area (Å²) in [5, 5.41) is 3.45. The van der Waals surface area contributed by atoms with Gasteiger partial charge in [-0.2, -0.15) is 0 Å². The van der Waals surface area contributed by atoms with E-state index < -0.39 is 0 Å². The maximum absolute atomic E-state index is 12.3. The highest BCUT2D eigenvalue weighted by Crippen LogP contribution is 2.28. The van der Waals surface area contributed by atoms with E-state index in [0.29, 0.717) is 6.54 Å². The predicted octanol–water partition coefficient (Wildman–Crippen LogP) is 2.18. The van der Waals surface area contributed by atoms with E-state index in [4.69, 9.17) is 4.74 Å². The Hall–Kier alpha value is -2.08. The molecule has 6 heteroatoms. The van der Waals surface area contributed by atoms with E-state index in [1.807, 2.05) is 12.1 Å². The molecule has 3 amide bonds. The van der Waals surface area contributed by atoms with Crippen molar-refractivity contribution in [3.05, 3.63) is 29.8 Å². The van der Waals surface area contributed by atoms with Crippen molar-refractivity contribution in [2.45, 2.75) is 50.7 Å². The maximum atomic E-state index is 12.3. The van der Waals surface area contributed by atoms with Crippen LogP contribution in [0, 0.1) is 0 Å². The quantitative estimate of drug-likeness (QED) is 0.600. The number of ether oxygens (including phenoxy) is 1. The number of carbonyl (C=O) groups is 2. The number of hydrogen-bond donors (Lipinski definition) is 1. The van der Waals surface area contributed by atoms with Crippen LogP contribution < -0.4 is 10.1 Å². The van der Waals surface area contributed by atoms with Crippen LogP contribution in [0.4, 0.5) is 4.79 Å². The van der Waals surface area contributed by atoms with Gasteiger partial charge >= 0.3 is 6.03 Å². The number of carbonyl (C=O) groups excluding carboxylic acids is 2. The number of unbranched alkanes of at least 4 members (excludes halogenated alkanes) is 1. The van der Waals surface area contributed by atoms with E-state index >= 15 is 0 Å². The van der Waals surface area contributed by atoms with Crippen molar-refractivity contribution in [3.8, 4) is 5.75 Å². The van der Waals surface area contributed by atoms with Crippen LogP contribution in [0.25, 0.3) is 0 Å². The van der Waals surface area contributed by atoms with Gasteiger partial charge in [-0.15, -0.1) is 0 Å². The first-order valence-electron chi connectivity index (χ1n) is 9.81. The van der Waals surface area contributed by atoms with E-state index in [1.54, 1.807) is 4.90 Å². The van der Waals surface area contributed by atoms with Crippen LogP contribution in [-0.4, -0.2) is 60.1 Å². The van der Waals surface area contributed by atoms with Gasteiger partial charge < -0.3 is 15.0 Å². The van der Waals surface area contributed by atoms with Gasteiger partial charge in [0.05, 0.1) is 0 Å². The Kier molecular flexibility index (Phi) is 5.11. The molecule has 2 fully saturated rings. The molecular weight excluding hydrogens is 330 g/mol. The van der Waals surface area contributed by atoms with Crippen molar-refractivity contribution in [1.82, 2.24) is 15.1 Å². The molecule has 3 heterocycles. The van der Waals surface area contributed by atoms with Gasteiger partial charge in [-0.3, -0.25) is 9.69 Å². The third-order valence-electron chi connectivity index (χ3n) is 5.64. The molecule has 1 aromatic carbocycles. The summed E-state index contributed by atoms with van der Waals surface area (Å²) in [4.78, 5) is 27.7. The molecule has 0 aromatic heterocycles. The van der Waals surface area contributed by atoms with Crippen molar-refractivity contribution in [2.24, 2.45) is 0 Å². The normalized spacial score (nSPS) is 24.6. The number of rotatable bonds is 7. The second kappa shape index (κ2) is 7.66. The zero-order valence-corrected chi connectivity index (χ0v) is 15.2. The van der Waals surface area contributed by atoms with Gasteiger partial charge in [0, 0.05) is 19.6 Å². The van der Waals surface area contributed by atoms with Crippen molar-refractivity contribution in [1.29, 1.82) is 0 Å². The number of fused-ring (bicyclic) bond motifs is 2. The molecule has 0 spiro atoms. The smallest absolute Gasteiger partial charge is 0.327 e. The maximum Gasteiger partial charge on any atom is 0.327 e. The number of imide groups is 1. The summed E-state index contributed by atoms with van der Waals surface area (Å²) in [5.41, 5.74) is 1.30. The molecule has 26 heavy (non-hydrogen) atoms. The molecule has 6 nitrogen and oxygen atoms in total. The van der Waals surface area contributed by atoms with Crippen LogP contribution in [0.15, 0.2) is 24.3 Å². The number of hydrogen-bond acceptors (Lipinski definition) is 4.